The maximum atomic E-state index is 12.1. The normalized spacial score (nSPS) is 13.5. The van der Waals surface area contributed by atoms with Crippen molar-refractivity contribution in [1.82, 2.24) is 5.32 Å². The highest BCUT2D eigenvalue weighted by molar-refractivity contribution is 7.84. The molecule has 0 spiro atoms. The van der Waals surface area contributed by atoms with Crippen molar-refractivity contribution in [3.63, 3.8) is 0 Å². The Labute approximate surface area is 132 Å². The highest BCUT2D eigenvalue weighted by atomic mass is 32.2. The second kappa shape index (κ2) is 6.79. The molecule has 5 nitrogen and oxygen atoms in total. The zero-order valence-corrected chi connectivity index (χ0v) is 13.9. The van der Waals surface area contributed by atoms with Crippen molar-refractivity contribution in [3.8, 4) is 0 Å². The van der Waals surface area contributed by atoms with E-state index in [1.807, 2.05) is 26.8 Å². The minimum atomic E-state index is -1.08. The predicted octanol–water partition coefficient (Wildman–Crippen LogP) is 3.52. The fourth-order valence-electron chi connectivity index (χ4n) is 2.27. The van der Waals surface area contributed by atoms with Crippen LogP contribution in [0.3, 0.4) is 0 Å². The van der Waals surface area contributed by atoms with E-state index in [2.05, 4.69) is 10.6 Å². The van der Waals surface area contributed by atoms with Crippen molar-refractivity contribution < 1.29 is 13.4 Å². The molecule has 0 radical (unpaired) electrons. The van der Waals surface area contributed by atoms with Crippen LogP contribution in [0.15, 0.2) is 39.6 Å². The van der Waals surface area contributed by atoms with Crippen LogP contribution in [0.4, 0.5) is 10.5 Å². The van der Waals surface area contributed by atoms with E-state index in [0.717, 1.165) is 17.1 Å². The molecule has 0 saturated heterocycles. The third-order valence-electron chi connectivity index (χ3n) is 3.32. The highest BCUT2D eigenvalue weighted by Crippen LogP contribution is 2.21. The van der Waals surface area contributed by atoms with Gasteiger partial charge in [-0.05, 0) is 45.0 Å². The lowest BCUT2D eigenvalue weighted by Gasteiger charge is -2.14. The first-order chi connectivity index (χ1) is 10.4. The van der Waals surface area contributed by atoms with Gasteiger partial charge in [0.25, 0.3) is 0 Å². The second-order valence-electron chi connectivity index (χ2n) is 5.17. The van der Waals surface area contributed by atoms with E-state index in [9.17, 15) is 9.00 Å². The Morgan fingerprint density at radius 1 is 1.27 bits per heavy atom. The van der Waals surface area contributed by atoms with Crippen LogP contribution < -0.4 is 10.6 Å². The van der Waals surface area contributed by atoms with Gasteiger partial charge in [-0.25, -0.2) is 4.79 Å². The third-order valence-corrected chi connectivity index (χ3v) is 4.24. The molecule has 1 heterocycles. The summed E-state index contributed by atoms with van der Waals surface area (Å²) in [5.74, 6) is 1.62. The van der Waals surface area contributed by atoms with Crippen LogP contribution in [-0.4, -0.2) is 16.5 Å². The smallest absolute Gasteiger partial charge is 0.319 e. The van der Waals surface area contributed by atoms with Gasteiger partial charge in [0.15, 0.2) is 0 Å². The molecular weight excluding hydrogens is 300 g/mol. The number of anilines is 1. The van der Waals surface area contributed by atoms with Gasteiger partial charge < -0.3 is 15.1 Å². The predicted molar refractivity (Wildman–Crippen MR) is 87.5 cm³/mol. The van der Waals surface area contributed by atoms with Crippen molar-refractivity contribution in [3.05, 3.63) is 47.4 Å². The lowest BCUT2D eigenvalue weighted by molar-refractivity contribution is 0.249. The van der Waals surface area contributed by atoms with Crippen LogP contribution >= 0.6 is 0 Å². The topological polar surface area (TPSA) is 71.3 Å². The molecule has 6 heteroatoms. The zero-order valence-electron chi connectivity index (χ0n) is 13.1. The third kappa shape index (κ3) is 3.98. The first-order valence-corrected chi connectivity index (χ1v) is 8.50. The lowest BCUT2D eigenvalue weighted by atomic mass is 10.1. The molecule has 1 aromatic heterocycles. The van der Waals surface area contributed by atoms with E-state index < -0.39 is 10.8 Å². The average Bonchev–Trinajstić information content (AvgIpc) is 2.77. The van der Waals surface area contributed by atoms with Crippen LogP contribution in [0.2, 0.25) is 0 Å². The van der Waals surface area contributed by atoms with Gasteiger partial charge in [-0.1, -0.05) is 6.07 Å². The first-order valence-electron chi connectivity index (χ1n) is 6.94. The number of benzene rings is 1. The molecule has 2 amide bonds. The Kier molecular flexibility index (Phi) is 5.03. The van der Waals surface area contributed by atoms with E-state index in [0.29, 0.717) is 10.6 Å². The van der Waals surface area contributed by atoms with Gasteiger partial charge in [0.05, 0.1) is 6.04 Å². The van der Waals surface area contributed by atoms with Gasteiger partial charge in [0.2, 0.25) is 0 Å². The van der Waals surface area contributed by atoms with E-state index in [1.54, 1.807) is 30.5 Å². The molecule has 0 unspecified atom stereocenters. The van der Waals surface area contributed by atoms with Gasteiger partial charge in [-0.15, -0.1) is 0 Å². The summed E-state index contributed by atoms with van der Waals surface area (Å²) in [6.45, 7) is 5.65. The molecule has 22 heavy (non-hydrogen) atoms. The number of hydrogen-bond donors (Lipinski definition) is 2. The molecule has 0 aliphatic heterocycles. The summed E-state index contributed by atoms with van der Waals surface area (Å²) >= 11 is 0. The molecule has 0 fully saturated rings. The van der Waals surface area contributed by atoms with Crippen LogP contribution in [0, 0.1) is 13.8 Å². The van der Waals surface area contributed by atoms with Gasteiger partial charge in [-0.2, -0.15) is 0 Å². The molecular formula is C16H20N2O3S. The number of carbonyl (C=O) groups is 1. The van der Waals surface area contributed by atoms with E-state index in [1.165, 1.54) is 0 Å². The number of hydrogen-bond acceptors (Lipinski definition) is 3. The number of nitrogens with one attached hydrogen (secondary N) is 2. The molecule has 2 atom stereocenters. The molecule has 118 valence electrons. The number of carbonyl (C=O) groups excluding carboxylic acids is 1. The second-order valence-corrected chi connectivity index (χ2v) is 6.55. The molecule has 0 aliphatic carbocycles. The Morgan fingerprint density at radius 2 is 2.00 bits per heavy atom. The fourth-order valence-corrected chi connectivity index (χ4v) is 2.84. The van der Waals surface area contributed by atoms with Gasteiger partial charge >= 0.3 is 6.03 Å². The minimum Gasteiger partial charge on any atom is -0.466 e. The summed E-state index contributed by atoms with van der Waals surface area (Å²) in [6, 6.07) is 8.42. The molecule has 0 saturated carbocycles. The SMILES string of the molecule is Cc1cc([C@@H](C)NC(=O)Nc2cccc([S@](C)=O)c2)c(C)o1. The van der Waals surface area contributed by atoms with Crippen LogP contribution in [0.5, 0.6) is 0 Å². The van der Waals surface area contributed by atoms with Crippen molar-refractivity contribution >= 4 is 22.5 Å². The Balaban J connectivity index is 2.02. The summed E-state index contributed by atoms with van der Waals surface area (Å²) in [6.07, 6.45) is 1.60. The molecule has 0 bridgehead atoms. The number of amides is 2. The van der Waals surface area contributed by atoms with Crippen molar-refractivity contribution in [1.29, 1.82) is 0 Å². The largest absolute Gasteiger partial charge is 0.466 e. The van der Waals surface area contributed by atoms with E-state index in [-0.39, 0.29) is 12.1 Å². The number of rotatable bonds is 4. The van der Waals surface area contributed by atoms with Crippen molar-refractivity contribution in [2.24, 2.45) is 0 Å². The Bertz CT molecular complexity index is 709. The molecule has 0 aliphatic rings. The maximum absolute atomic E-state index is 12.1. The van der Waals surface area contributed by atoms with E-state index >= 15 is 0 Å². The van der Waals surface area contributed by atoms with Gasteiger partial charge in [0, 0.05) is 33.2 Å². The zero-order chi connectivity index (χ0) is 16.3. The standard InChI is InChI=1S/C16H20N2O3S/c1-10-8-15(12(3)21-10)11(2)17-16(19)18-13-6-5-7-14(9-13)22(4)20/h5-9,11H,1-4H3,(H2,17,18,19)/t11-,22+/m1/s1. The molecule has 2 aromatic rings. The van der Waals surface area contributed by atoms with Crippen LogP contribution in [0.25, 0.3) is 0 Å². The maximum Gasteiger partial charge on any atom is 0.319 e. The first kappa shape index (κ1) is 16.3. The Morgan fingerprint density at radius 3 is 2.59 bits per heavy atom. The molecule has 2 N–H and O–H groups in total. The minimum absolute atomic E-state index is 0.166. The Hall–Kier alpha value is -2.08. The molecule has 1 aromatic carbocycles. The molecule has 2 rings (SSSR count). The van der Waals surface area contributed by atoms with Crippen LogP contribution in [-0.2, 0) is 10.8 Å². The summed E-state index contributed by atoms with van der Waals surface area (Å²) in [5, 5.41) is 5.61. The monoisotopic (exact) mass is 320 g/mol. The van der Waals surface area contributed by atoms with Crippen LogP contribution in [0.1, 0.15) is 30.0 Å². The summed E-state index contributed by atoms with van der Waals surface area (Å²) in [7, 11) is -1.08. The average molecular weight is 320 g/mol. The summed E-state index contributed by atoms with van der Waals surface area (Å²) in [4.78, 5) is 12.7. The number of furan rings is 1. The van der Waals surface area contributed by atoms with Gasteiger partial charge in [0.1, 0.15) is 11.5 Å². The summed E-state index contributed by atoms with van der Waals surface area (Å²) < 4.78 is 16.9. The quantitative estimate of drug-likeness (QED) is 0.905. The highest BCUT2D eigenvalue weighted by Gasteiger charge is 2.15. The van der Waals surface area contributed by atoms with E-state index in [4.69, 9.17) is 4.42 Å². The lowest BCUT2D eigenvalue weighted by Crippen LogP contribution is -2.31. The number of aryl methyl sites for hydroxylation is 2. The fraction of sp³-hybridized carbons (Fsp3) is 0.312. The summed E-state index contributed by atoms with van der Waals surface area (Å²) in [5.41, 5.74) is 1.56. The van der Waals surface area contributed by atoms with Crippen molar-refractivity contribution in [2.75, 3.05) is 11.6 Å². The van der Waals surface area contributed by atoms with Crippen molar-refractivity contribution in [2.45, 2.75) is 31.7 Å². The number of urea groups is 1. The van der Waals surface area contributed by atoms with Gasteiger partial charge in [-0.3, -0.25) is 4.21 Å².